The average Bonchev–Trinajstić information content (AvgIpc) is 1.58. The molecular formula is C4H8Na2O5S. The third-order valence-electron chi connectivity index (χ3n) is 0.371. The zero-order valence-corrected chi connectivity index (χ0v) is 6.27. The van der Waals surface area contributed by atoms with E-state index in [1.165, 1.54) is 0 Å². The molecule has 0 saturated heterocycles. The second-order valence-electron chi connectivity index (χ2n) is 1.35. The van der Waals surface area contributed by atoms with Crippen LogP contribution < -0.4 is 0 Å². The summed E-state index contributed by atoms with van der Waals surface area (Å²) < 4.78 is 18.2. The van der Waals surface area contributed by atoms with E-state index >= 15 is 0 Å². The van der Waals surface area contributed by atoms with Gasteiger partial charge in [-0.25, -0.2) is 0 Å². The van der Waals surface area contributed by atoms with E-state index in [0.29, 0.717) is 0 Å². The molecule has 0 aliphatic carbocycles. The molecule has 0 heterocycles. The molecule has 0 radical (unpaired) electrons. The molecule has 0 amide bonds. The molecule has 0 unspecified atom stereocenters. The Morgan fingerprint density at radius 2 is 1.25 bits per heavy atom. The standard InChI is InChI=1S/C4H6O5S.2Na.2H/c1-3(5)8-10(7)9-4(2)6;;;;/h1-2H3;;;;. The Labute approximate surface area is 117 Å². The van der Waals surface area contributed by atoms with Crippen LogP contribution in [0.25, 0.3) is 0 Å². The van der Waals surface area contributed by atoms with Gasteiger partial charge in [0.2, 0.25) is 0 Å². The van der Waals surface area contributed by atoms with Crippen molar-refractivity contribution in [1.29, 1.82) is 0 Å². The van der Waals surface area contributed by atoms with Gasteiger partial charge in [-0.2, -0.15) is 4.21 Å². The van der Waals surface area contributed by atoms with Gasteiger partial charge >= 0.3 is 82.4 Å². The fourth-order valence-electron chi connectivity index (χ4n) is 0.209. The minimum atomic E-state index is -2.28. The molecule has 0 saturated carbocycles. The molecule has 0 atom stereocenters. The first-order valence-electron chi connectivity index (χ1n) is 2.32. The van der Waals surface area contributed by atoms with E-state index in [9.17, 15) is 13.8 Å². The second kappa shape index (κ2) is 10.2. The van der Waals surface area contributed by atoms with Crippen molar-refractivity contribution in [2.45, 2.75) is 13.8 Å². The summed E-state index contributed by atoms with van der Waals surface area (Å²) in [5.41, 5.74) is 0. The van der Waals surface area contributed by atoms with Gasteiger partial charge < -0.3 is 8.37 Å². The quantitative estimate of drug-likeness (QED) is 0.517. The summed E-state index contributed by atoms with van der Waals surface area (Å²) in [5, 5.41) is 0. The van der Waals surface area contributed by atoms with Crippen molar-refractivity contribution >= 4 is 82.4 Å². The van der Waals surface area contributed by atoms with Gasteiger partial charge in [-0.1, -0.05) is 0 Å². The van der Waals surface area contributed by atoms with Crippen LogP contribution >= 0.6 is 0 Å². The first kappa shape index (κ1) is 18.8. The Bertz CT molecular complexity index is 164. The van der Waals surface area contributed by atoms with E-state index in [2.05, 4.69) is 8.37 Å². The van der Waals surface area contributed by atoms with E-state index in [-0.39, 0.29) is 59.1 Å². The number of hydrogen-bond donors (Lipinski definition) is 0. The van der Waals surface area contributed by atoms with Crippen LogP contribution in [0.3, 0.4) is 0 Å². The van der Waals surface area contributed by atoms with E-state index in [4.69, 9.17) is 0 Å². The zero-order valence-electron chi connectivity index (χ0n) is 5.45. The molecule has 0 aromatic rings. The number of carbonyl (C=O) groups is 2. The maximum atomic E-state index is 10.3. The molecule has 0 aliphatic heterocycles. The Balaban J connectivity index is -0.000000405. The van der Waals surface area contributed by atoms with Crippen LogP contribution in [0, 0.1) is 0 Å². The van der Waals surface area contributed by atoms with Crippen LogP contribution in [0.15, 0.2) is 0 Å². The molecule has 0 aromatic carbocycles. The summed E-state index contributed by atoms with van der Waals surface area (Å²) in [4.78, 5) is 20.1. The predicted molar refractivity (Wildman–Crippen MR) is 46.0 cm³/mol. The molecule has 5 nitrogen and oxygen atoms in total. The Morgan fingerprint density at radius 1 is 1.00 bits per heavy atom. The molecule has 0 fully saturated rings. The Kier molecular flexibility index (Phi) is 15.9. The number of hydrogen-bond acceptors (Lipinski definition) is 5. The van der Waals surface area contributed by atoms with Crippen LogP contribution in [0.4, 0.5) is 0 Å². The van der Waals surface area contributed by atoms with Gasteiger partial charge in [-0.3, -0.25) is 9.59 Å². The van der Waals surface area contributed by atoms with Gasteiger partial charge in [0, 0.05) is 13.8 Å². The molecule has 0 aliphatic rings. The van der Waals surface area contributed by atoms with Crippen LogP contribution in [-0.2, 0) is 29.3 Å². The monoisotopic (exact) mass is 214 g/mol. The fourth-order valence-corrected chi connectivity index (χ4v) is 0.626. The SMILES string of the molecule is CC(=O)OS(=O)OC(C)=O.[NaH].[NaH]. The molecule has 12 heavy (non-hydrogen) atoms. The summed E-state index contributed by atoms with van der Waals surface area (Å²) in [5.74, 6) is -1.53. The van der Waals surface area contributed by atoms with Gasteiger partial charge in [-0.05, 0) is 0 Å². The molecule has 0 N–H and O–H groups in total. The first-order valence-corrected chi connectivity index (χ1v) is 3.32. The summed E-state index contributed by atoms with van der Waals surface area (Å²) in [6, 6.07) is 0. The first-order chi connectivity index (χ1) is 4.52. The predicted octanol–water partition coefficient (Wildman–Crippen LogP) is -1.61. The Hall–Kier alpha value is 1.09. The van der Waals surface area contributed by atoms with Gasteiger partial charge in [0.25, 0.3) is 0 Å². The van der Waals surface area contributed by atoms with Crippen LogP contribution in [0.5, 0.6) is 0 Å². The van der Waals surface area contributed by atoms with Crippen molar-refractivity contribution in [3.8, 4) is 0 Å². The van der Waals surface area contributed by atoms with Crippen molar-refractivity contribution in [3.63, 3.8) is 0 Å². The van der Waals surface area contributed by atoms with Crippen LogP contribution in [0.2, 0.25) is 0 Å². The third kappa shape index (κ3) is 13.7. The van der Waals surface area contributed by atoms with E-state index < -0.39 is 23.3 Å². The molecular weight excluding hydrogens is 206 g/mol. The number of carbonyl (C=O) groups excluding carboxylic acids is 2. The summed E-state index contributed by atoms with van der Waals surface area (Å²) in [6.07, 6.45) is 0. The summed E-state index contributed by atoms with van der Waals surface area (Å²) in [7, 11) is 0. The van der Waals surface area contributed by atoms with Crippen molar-refractivity contribution in [2.75, 3.05) is 0 Å². The second-order valence-corrected chi connectivity index (χ2v) is 2.10. The summed E-state index contributed by atoms with van der Waals surface area (Å²) in [6.45, 7) is 2.11. The van der Waals surface area contributed by atoms with Crippen molar-refractivity contribution in [1.82, 2.24) is 0 Å². The molecule has 0 aromatic heterocycles. The van der Waals surface area contributed by atoms with E-state index in [1.54, 1.807) is 0 Å². The maximum absolute atomic E-state index is 10.3. The van der Waals surface area contributed by atoms with E-state index in [1.807, 2.05) is 0 Å². The van der Waals surface area contributed by atoms with Crippen LogP contribution in [-0.4, -0.2) is 75.3 Å². The fraction of sp³-hybridized carbons (Fsp3) is 0.500. The van der Waals surface area contributed by atoms with E-state index in [0.717, 1.165) is 13.8 Å². The van der Waals surface area contributed by atoms with Gasteiger partial charge in [-0.15, -0.1) is 0 Å². The topological polar surface area (TPSA) is 69.7 Å². The molecule has 8 heteroatoms. The van der Waals surface area contributed by atoms with Crippen molar-refractivity contribution < 1.29 is 22.2 Å². The number of rotatable bonds is 2. The van der Waals surface area contributed by atoms with Gasteiger partial charge in [0.05, 0.1) is 0 Å². The zero-order chi connectivity index (χ0) is 8.15. The van der Waals surface area contributed by atoms with Gasteiger partial charge in [0.15, 0.2) is 0 Å². The molecule has 0 rings (SSSR count). The molecule has 0 bridgehead atoms. The Morgan fingerprint density at radius 3 is 1.42 bits per heavy atom. The van der Waals surface area contributed by atoms with Crippen LogP contribution in [0.1, 0.15) is 13.8 Å². The molecule has 62 valence electrons. The summed E-state index contributed by atoms with van der Waals surface area (Å²) >= 11 is -2.28. The van der Waals surface area contributed by atoms with Crippen molar-refractivity contribution in [2.24, 2.45) is 0 Å². The third-order valence-corrected chi connectivity index (χ3v) is 1.11. The average molecular weight is 214 g/mol. The van der Waals surface area contributed by atoms with Gasteiger partial charge in [0.1, 0.15) is 0 Å². The normalized spacial score (nSPS) is 7.58. The molecule has 0 spiro atoms. The van der Waals surface area contributed by atoms with Crippen molar-refractivity contribution in [3.05, 3.63) is 0 Å². The minimum absolute atomic E-state index is 0.